The molecule has 1 aromatic carbocycles. The largest absolute Gasteiger partial charge is 0.468 e. The molecule has 0 saturated carbocycles. The summed E-state index contributed by atoms with van der Waals surface area (Å²) in [6, 6.07) is 5.11. The number of carbonyl (C=O) groups excluding carboxylic acids is 2. The predicted molar refractivity (Wildman–Crippen MR) is 102 cm³/mol. The van der Waals surface area contributed by atoms with E-state index in [1.165, 1.54) is 7.11 Å². The van der Waals surface area contributed by atoms with E-state index in [-0.39, 0.29) is 16.7 Å². The zero-order valence-electron chi connectivity index (χ0n) is 15.3. The Morgan fingerprint density at radius 3 is 2.42 bits per heavy atom. The molecule has 5 nitrogen and oxygen atoms in total. The van der Waals surface area contributed by atoms with Gasteiger partial charge in [-0.15, -0.1) is 0 Å². The van der Waals surface area contributed by atoms with Crippen LogP contribution in [0.15, 0.2) is 34.5 Å². The third-order valence-electron chi connectivity index (χ3n) is 4.16. The van der Waals surface area contributed by atoms with Crippen molar-refractivity contribution in [1.82, 2.24) is 0 Å². The highest BCUT2D eigenvalue weighted by Gasteiger charge is 2.43. The molecule has 1 aliphatic heterocycles. The maximum absolute atomic E-state index is 12.8. The number of esters is 2. The van der Waals surface area contributed by atoms with Crippen LogP contribution >= 0.6 is 23.2 Å². The van der Waals surface area contributed by atoms with E-state index in [0.29, 0.717) is 22.0 Å². The van der Waals surface area contributed by atoms with E-state index < -0.39 is 23.8 Å². The number of carbonyl (C=O) groups is 2. The molecule has 0 N–H and O–H groups in total. The molecular formula is C19H21Cl2NO4. The average Bonchev–Trinajstić information content (AvgIpc) is 2.55. The molecule has 0 spiro atoms. The smallest absolute Gasteiger partial charge is 0.336 e. The lowest BCUT2D eigenvalue weighted by Gasteiger charge is -2.32. The molecule has 0 fully saturated rings. The SMILES string of the molecule is COC(=O)C1C(C)=NC(C)=C(C(=O)OC(C)C)C1c1cccc(Cl)c1Cl. The van der Waals surface area contributed by atoms with Crippen LogP contribution in [0.2, 0.25) is 10.0 Å². The lowest BCUT2D eigenvalue weighted by atomic mass is 9.75. The minimum Gasteiger partial charge on any atom is -0.468 e. The number of methoxy groups -OCH3 is 1. The second-order valence-electron chi connectivity index (χ2n) is 6.33. The molecule has 140 valence electrons. The monoisotopic (exact) mass is 397 g/mol. The molecule has 0 bridgehead atoms. The second-order valence-corrected chi connectivity index (χ2v) is 7.11. The molecule has 7 heteroatoms. The van der Waals surface area contributed by atoms with Gasteiger partial charge >= 0.3 is 11.9 Å². The Bertz CT molecular complexity index is 799. The number of nitrogens with zero attached hydrogens (tertiary/aromatic N) is 1. The molecule has 0 radical (unpaired) electrons. The second kappa shape index (κ2) is 8.23. The van der Waals surface area contributed by atoms with E-state index in [9.17, 15) is 9.59 Å². The van der Waals surface area contributed by atoms with Crippen LogP contribution in [0.25, 0.3) is 0 Å². The minimum atomic E-state index is -0.797. The Labute approximate surface area is 163 Å². The van der Waals surface area contributed by atoms with Crippen LogP contribution in [0.3, 0.4) is 0 Å². The number of rotatable bonds is 4. The van der Waals surface area contributed by atoms with Crippen molar-refractivity contribution in [3.8, 4) is 0 Å². The van der Waals surface area contributed by atoms with Crippen molar-refractivity contribution < 1.29 is 19.1 Å². The van der Waals surface area contributed by atoms with Crippen LogP contribution < -0.4 is 0 Å². The normalized spacial score (nSPS) is 20.1. The fourth-order valence-electron chi connectivity index (χ4n) is 3.11. The topological polar surface area (TPSA) is 65.0 Å². The van der Waals surface area contributed by atoms with Gasteiger partial charge in [-0.1, -0.05) is 35.3 Å². The predicted octanol–water partition coefficient (Wildman–Crippen LogP) is 4.57. The van der Waals surface area contributed by atoms with Gasteiger partial charge in [0, 0.05) is 17.3 Å². The number of aliphatic imine (C=N–C) groups is 1. The van der Waals surface area contributed by atoms with Gasteiger partial charge in [-0.3, -0.25) is 9.79 Å². The molecule has 1 heterocycles. The standard InChI is InChI=1S/C19H21Cl2NO4/c1-9(2)26-19(24)15-11(4)22-10(3)14(18(23)25-5)16(15)12-7-6-8-13(20)17(12)21/h6-9,14,16H,1-5H3. The van der Waals surface area contributed by atoms with Gasteiger partial charge in [-0.25, -0.2) is 4.79 Å². The maximum Gasteiger partial charge on any atom is 0.336 e. The van der Waals surface area contributed by atoms with E-state index in [1.807, 2.05) is 0 Å². The highest BCUT2D eigenvalue weighted by atomic mass is 35.5. The Kier molecular flexibility index (Phi) is 6.48. The first-order valence-electron chi connectivity index (χ1n) is 8.17. The Balaban J connectivity index is 2.71. The number of hydrogen-bond acceptors (Lipinski definition) is 5. The molecule has 0 amide bonds. The number of benzene rings is 1. The molecule has 2 atom stereocenters. The first kappa shape index (κ1) is 20.5. The Hall–Kier alpha value is -1.85. The fraction of sp³-hybridized carbons (Fsp3) is 0.421. The van der Waals surface area contributed by atoms with Crippen molar-refractivity contribution in [2.45, 2.75) is 39.7 Å². The summed E-state index contributed by atoms with van der Waals surface area (Å²) < 4.78 is 10.3. The summed E-state index contributed by atoms with van der Waals surface area (Å²) in [5, 5.41) is 0.618. The van der Waals surface area contributed by atoms with Crippen LogP contribution in [0.4, 0.5) is 0 Å². The van der Waals surface area contributed by atoms with Gasteiger partial charge in [-0.2, -0.15) is 0 Å². The van der Waals surface area contributed by atoms with Crippen molar-refractivity contribution >= 4 is 40.9 Å². The Morgan fingerprint density at radius 1 is 1.19 bits per heavy atom. The molecule has 1 aliphatic rings. The summed E-state index contributed by atoms with van der Waals surface area (Å²) in [7, 11) is 1.30. The summed E-state index contributed by atoms with van der Waals surface area (Å²) >= 11 is 12.6. The first-order chi connectivity index (χ1) is 12.2. The van der Waals surface area contributed by atoms with Crippen LogP contribution in [0.5, 0.6) is 0 Å². The quantitative estimate of drug-likeness (QED) is 0.698. The third-order valence-corrected chi connectivity index (χ3v) is 5.00. The summed E-state index contributed by atoms with van der Waals surface area (Å²) in [4.78, 5) is 29.7. The lowest BCUT2D eigenvalue weighted by molar-refractivity contribution is -0.145. The summed E-state index contributed by atoms with van der Waals surface area (Å²) in [6.07, 6.45) is -0.318. The summed E-state index contributed by atoms with van der Waals surface area (Å²) in [5.41, 5.74) is 1.86. The average molecular weight is 398 g/mol. The van der Waals surface area contributed by atoms with Crippen molar-refractivity contribution in [1.29, 1.82) is 0 Å². The molecule has 2 unspecified atom stereocenters. The van der Waals surface area contributed by atoms with Crippen LogP contribution in [0, 0.1) is 5.92 Å². The van der Waals surface area contributed by atoms with Crippen LogP contribution in [-0.2, 0) is 19.1 Å². The maximum atomic E-state index is 12.8. The zero-order chi connectivity index (χ0) is 19.6. The molecule has 1 aromatic rings. The van der Waals surface area contributed by atoms with Crippen molar-refractivity contribution in [3.05, 3.63) is 45.1 Å². The fourth-order valence-corrected chi connectivity index (χ4v) is 3.53. The highest BCUT2D eigenvalue weighted by molar-refractivity contribution is 6.42. The van der Waals surface area contributed by atoms with E-state index in [1.54, 1.807) is 45.9 Å². The van der Waals surface area contributed by atoms with Crippen molar-refractivity contribution in [3.63, 3.8) is 0 Å². The van der Waals surface area contributed by atoms with E-state index in [0.717, 1.165) is 0 Å². The van der Waals surface area contributed by atoms with E-state index >= 15 is 0 Å². The third kappa shape index (κ3) is 3.94. The molecule has 0 aliphatic carbocycles. The zero-order valence-corrected chi connectivity index (χ0v) is 16.8. The lowest BCUT2D eigenvalue weighted by Crippen LogP contribution is -2.36. The van der Waals surface area contributed by atoms with Crippen LogP contribution in [-0.4, -0.2) is 30.9 Å². The van der Waals surface area contributed by atoms with Gasteiger partial charge in [0.15, 0.2) is 0 Å². The van der Waals surface area contributed by atoms with Gasteiger partial charge in [0.1, 0.15) is 5.92 Å². The summed E-state index contributed by atoms with van der Waals surface area (Å²) in [5.74, 6) is -2.54. The molecular weight excluding hydrogens is 377 g/mol. The van der Waals surface area contributed by atoms with Gasteiger partial charge in [-0.05, 0) is 39.3 Å². The Morgan fingerprint density at radius 2 is 1.85 bits per heavy atom. The molecule has 0 aromatic heterocycles. The van der Waals surface area contributed by atoms with Gasteiger partial charge in [0.2, 0.25) is 0 Å². The number of allylic oxidation sites excluding steroid dienone is 1. The minimum absolute atomic E-state index is 0.281. The molecule has 0 saturated heterocycles. The number of halogens is 2. The van der Waals surface area contributed by atoms with Gasteiger partial charge in [0.05, 0.1) is 28.8 Å². The van der Waals surface area contributed by atoms with Crippen molar-refractivity contribution in [2.24, 2.45) is 10.9 Å². The highest BCUT2D eigenvalue weighted by Crippen LogP contribution is 2.44. The van der Waals surface area contributed by atoms with E-state index in [2.05, 4.69) is 4.99 Å². The number of ether oxygens (including phenoxy) is 2. The van der Waals surface area contributed by atoms with E-state index in [4.69, 9.17) is 32.7 Å². The molecule has 26 heavy (non-hydrogen) atoms. The van der Waals surface area contributed by atoms with Crippen molar-refractivity contribution in [2.75, 3.05) is 7.11 Å². The summed E-state index contributed by atoms with van der Waals surface area (Å²) in [6.45, 7) is 6.94. The van der Waals surface area contributed by atoms with Gasteiger partial charge in [0.25, 0.3) is 0 Å². The van der Waals surface area contributed by atoms with Crippen LogP contribution in [0.1, 0.15) is 39.2 Å². The first-order valence-corrected chi connectivity index (χ1v) is 8.93. The number of hydrogen-bond donors (Lipinski definition) is 0. The van der Waals surface area contributed by atoms with Gasteiger partial charge < -0.3 is 9.47 Å². The molecule has 2 rings (SSSR count).